The summed E-state index contributed by atoms with van der Waals surface area (Å²) in [6.45, 7) is 0. The van der Waals surface area contributed by atoms with E-state index in [0.717, 1.165) is 12.8 Å². The Morgan fingerprint density at radius 2 is 1.94 bits per heavy atom. The molecule has 1 aromatic rings. The lowest BCUT2D eigenvalue weighted by atomic mass is 9.77. The van der Waals surface area contributed by atoms with Crippen molar-refractivity contribution < 1.29 is 15.1 Å². The van der Waals surface area contributed by atoms with Crippen LogP contribution in [0.5, 0.6) is 0 Å². The topological polar surface area (TPSA) is 83.6 Å². The summed E-state index contributed by atoms with van der Waals surface area (Å²) >= 11 is 0. The molecule has 92 valence electrons. The van der Waals surface area contributed by atoms with Crippen molar-refractivity contribution in [2.45, 2.75) is 37.4 Å². The molecule has 0 aliphatic heterocycles. The number of aliphatic hydroxyl groups excluding tert-OH is 1. The monoisotopic (exact) mass is 237 g/mol. The molecule has 2 rings (SSSR count). The minimum absolute atomic E-state index is 0.0114. The lowest BCUT2D eigenvalue weighted by Gasteiger charge is -2.37. The molecule has 0 amide bonds. The van der Waals surface area contributed by atoms with Crippen LogP contribution in [0.15, 0.2) is 24.3 Å². The van der Waals surface area contributed by atoms with Crippen molar-refractivity contribution in [2.75, 3.05) is 0 Å². The van der Waals surface area contributed by atoms with E-state index in [1.807, 2.05) is 0 Å². The number of nitro groups is 1. The normalized spacial score (nSPS) is 28.9. The Kier molecular flexibility index (Phi) is 3.13. The van der Waals surface area contributed by atoms with E-state index in [-0.39, 0.29) is 5.69 Å². The van der Waals surface area contributed by atoms with Gasteiger partial charge < -0.3 is 10.2 Å². The third kappa shape index (κ3) is 2.16. The molecular weight excluding hydrogens is 222 g/mol. The van der Waals surface area contributed by atoms with E-state index in [0.29, 0.717) is 18.4 Å². The predicted octanol–water partition coefficient (Wildman–Crippen LogP) is 1.72. The van der Waals surface area contributed by atoms with Crippen molar-refractivity contribution in [3.63, 3.8) is 0 Å². The highest BCUT2D eigenvalue weighted by atomic mass is 16.6. The van der Waals surface area contributed by atoms with E-state index in [1.54, 1.807) is 0 Å². The van der Waals surface area contributed by atoms with Crippen LogP contribution in [0.3, 0.4) is 0 Å². The van der Waals surface area contributed by atoms with Crippen LogP contribution in [0.1, 0.15) is 31.2 Å². The van der Waals surface area contributed by atoms with Gasteiger partial charge in [0.25, 0.3) is 5.69 Å². The lowest BCUT2D eigenvalue weighted by Crippen LogP contribution is -2.42. The molecule has 0 spiro atoms. The molecule has 2 N–H and O–H groups in total. The minimum Gasteiger partial charge on any atom is -0.390 e. The van der Waals surface area contributed by atoms with Gasteiger partial charge >= 0.3 is 0 Å². The number of nitro benzene ring substituents is 1. The van der Waals surface area contributed by atoms with Gasteiger partial charge in [0.05, 0.1) is 11.0 Å². The fourth-order valence-electron chi connectivity index (χ4n) is 2.35. The molecule has 1 aliphatic carbocycles. The van der Waals surface area contributed by atoms with Crippen molar-refractivity contribution in [1.82, 2.24) is 0 Å². The maximum atomic E-state index is 10.5. The first-order valence-corrected chi connectivity index (χ1v) is 5.69. The number of non-ortho nitro benzene ring substituents is 1. The number of hydrogen-bond donors (Lipinski definition) is 2. The second kappa shape index (κ2) is 4.43. The average molecular weight is 237 g/mol. The summed E-state index contributed by atoms with van der Waals surface area (Å²) < 4.78 is 0. The average Bonchev–Trinajstić information content (AvgIpc) is 2.33. The Bertz CT molecular complexity index is 417. The summed E-state index contributed by atoms with van der Waals surface area (Å²) in [4.78, 5) is 10.0. The standard InChI is InChI=1S/C12H15NO4/c14-11-3-1-2-8-12(11,15)9-4-6-10(7-5-9)13(16)17/h4-7,11,14-15H,1-3,8H2/t11-,12-/m0/s1. The summed E-state index contributed by atoms with van der Waals surface area (Å²) in [6.07, 6.45) is 2.01. The van der Waals surface area contributed by atoms with E-state index in [4.69, 9.17) is 0 Å². The first-order valence-electron chi connectivity index (χ1n) is 5.69. The Morgan fingerprint density at radius 3 is 2.47 bits per heavy atom. The van der Waals surface area contributed by atoms with E-state index >= 15 is 0 Å². The van der Waals surface area contributed by atoms with Gasteiger partial charge in [0.1, 0.15) is 5.60 Å². The molecule has 17 heavy (non-hydrogen) atoms. The second-order valence-electron chi connectivity index (χ2n) is 4.49. The number of benzene rings is 1. The van der Waals surface area contributed by atoms with Crippen LogP contribution in [0, 0.1) is 10.1 Å². The number of rotatable bonds is 2. The Balaban J connectivity index is 2.29. The fraction of sp³-hybridized carbons (Fsp3) is 0.500. The Morgan fingerprint density at radius 1 is 1.29 bits per heavy atom. The lowest BCUT2D eigenvalue weighted by molar-refractivity contribution is -0.384. The maximum absolute atomic E-state index is 10.5. The largest absolute Gasteiger partial charge is 0.390 e. The van der Waals surface area contributed by atoms with Gasteiger partial charge in [-0.05, 0) is 30.5 Å². The molecular formula is C12H15NO4. The molecule has 5 nitrogen and oxygen atoms in total. The number of hydrogen-bond acceptors (Lipinski definition) is 4. The van der Waals surface area contributed by atoms with Crippen molar-refractivity contribution in [3.8, 4) is 0 Å². The zero-order chi connectivity index (χ0) is 12.5. The van der Waals surface area contributed by atoms with Crippen molar-refractivity contribution in [2.24, 2.45) is 0 Å². The smallest absolute Gasteiger partial charge is 0.269 e. The molecule has 1 saturated carbocycles. The van der Waals surface area contributed by atoms with Crippen molar-refractivity contribution in [1.29, 1.82) is 0 Å². The van der Waals surface area contributed by atoms with Crippen LogP contribution >= 0.6 is 0 Å². The minimum atomic E-state index is -1.26. The zero-order valence-corrected chi connectivity index (χ0v) is 9.37. The van der Waals surface area contributed by atoms with Crippen LogP contribution in [0.25, 0.3) is 0 Å². The van der Waals surface area contributed by atoms with Crippen LogP contribution < -0.4 is 0 Å². The molecule has 1 aliphatic rings. The van der Waals surface area contributed by atoms with Crippen LogP contribution in [0.2, 0.25) is 0 Å². The molecule has 5 heteroatoms. The summed E-state index contributed by atoms with van der Waals surface area (Å²) in [5.74, 6) is 0. The molecule has 0 unspecified atom stereocenters. The van der Waals surface area contributed by atoms with E-state index in [9.17, 15) is 20.3 Å². The molecule has 0 bridgehead atoms. The van der Waals surface area contributed by atoms with Gasteiger partial charge in [-0.2, -0.15) is 0 Å². The van der Waals surface area contributed by atoms with Gasteiger partial charge in [-0.3, -0.25) is 10.1 Å². The third-order valence-electron chi connectivity index (χ3n) is 3.41. The van der Waals surface area contributed by atoms with Gasteiger partial charge in [-0.25, -0.2) is 0 Å². The first-order chi connectivity index (χ1) is 8.04. The van der Waals surface area contributed by atoms with E-state index < -0.39 is 16.6 Å². The summed E-state index contributed by atoms with van der Waals surface area (Å²) in [5, 5.41) is 30.8. The highest BCUT2D eigenvalue weighted by Gasteiger charge is 2.39. The number of nitrogens with zero attached hydrogens (tertiary/aromatic N) is 1. The van der Waals surface area contributed by atoms with Gasteiger partial charge in [-0.15, -0.1) is 0 Å². The first kappa shape index (κ1) is 12.0. The maximum Gasteiger partial charge on any atom is 0.269 e. The summed E-state index contributed by atoms with van der Waals surface area (Å²) in [5.41, 5.74) is -0.717. The molecule has 1 fully saturated rings. The molecule has 2 atom stereocenters. The molecule has 0 aromatic heterocycles. The molecule has 0 heterocycles. The highest BCUT2D eigenvalue weighted by Crippen LogP contribution is 2.37. The Labute approximate surface area is 98.9 Å². The quantitative estimate of drug-likeness (QED) is 0.606. The van der Waals surface area contributed by atoms with Crippen LogP contribution in [0.4, 0.5) is 5.69 Å². The SMILES string of the molecule is O=[N+]([O-])c1ccc([C@@]2(O)CCCC[C@@H]2O)cc1. The third-order valence-corrected chi connectivity index (χ3v) is 3.41. The van der Waals surface area contributed by atoms with Gasteiger partial charge in [0.15, 0.2) is 0 Å². The zero-order valence-electron chi connectivity index (χ0n) is 9.37. The highest BCUT2D eigenvalue weighted by molar-refractivity contribution is 5.36. The van der Waals surface area contributed by atoms with Crippen molar-refractivity contribution >= 4 is 5.69 Å². The fourth-order valence-corrected chi connectivity index (χ4v) is 2.35. The van der Waals surface area contributed by atoms with Crippen LogP contribution in [-0.2, 0) is 5.60 Å². The molecule has 1 aromatic carbocycles. The van der Waals surface area contributed by atoms with Crippen LogP contribution in [-0.4, -0.2) is 21.2 Å². The summed E-state index contributed by atoms with van der Waals surface area (Å²) in [7, 11) is 0. The van der Waals surface area contributed by atoms with Gasteiger partial charge in [0.2, 0.25) is 0 Å². The summed E-state index contributed by atoms with van der Waals surface area (Å²) in [6, 6.07) is 5.75. The predicted molar refractivity (Wildman–Crippen MR) is 61.5 cm³/mol. The number of aliphatic hydroxyl groups is 2. The van der Waals surface area contributed by atoms with E-state index in [1.165, 1.54) is 24.3 Å². The molecule has 0 radical (unpaired) electrons. The second-order valence-corrected chi connectivity index (χ2v) is 4.49. The molecule has 0 saturated heterocycles. The van der Waals surface area contributed by atoms with Crippen molar-refractivity contribution in [3.05, 3.63) is 39.9 Å². The van der Waals surface area contributed by atoms with E-state index in [2.05, 4.69) is 0 Å². The van der Waals surface area contributed by atoms with Gasteiger partial charge in [0, 0.05) is 12.1 Å². The van der Waals surface area contributed by atoms with Gasteiger partial charge in [-0.1, -0.05) is 12.8 Å². The Hall–Kier alpha value is -1.46.